The third-order valence-corrected chi connectivity index (χ3v) is 5.64. The van der Waals surface area contributed by atoms with Crippen LogP contribution in [0, 0.1) is 51.1 Å². The highest BCUT2D eigenvalue weighted by Crippen LogP contribution is 2.54. The van der Waals surface area contributed by atoms with E-state index < -0.39 is 17.2 Å². The van der Waals surface area contributed by atoms with E-state index in [4.69, 9.17) is 5.73 Å². The molecular formula is C18H13FN4S. The van der Waals surface area contributed by atoms with Gasteiger partial charge in [0.2, 0.25) is 0 Å². The van der Waals surface area contributed by atoms with E-state index >= 15 is 0 Å². The molecule has 0 saturated heterocycles. The Labute approximate surface area is 143 Å². The van der Waals surface area contributed by atoms with Crippen LogP contribution in [-0.4, -0.2) is 11.5 Å². The molecular weight excluding hydrogens is 323 g/mol. The molecule has 4 nitrogen and oxygen atoms in total. The van der Waals surface area contributed by atoms with Gasteiger partial charge in [0.15, 0.2) is 5.41 Å². The number of fused-ring (bicyclic) bond motifs is 1. The van der Waals surface area contributed by atoms with Crippen LogP contribution in [0.3, 0.4) is 0 Å². The Morgan fingerprint density at radius 2 is 2.00 bits per heavy atom. The fourth-order valence-electron chi connectivity index (χ4n) is 3.56. The first-order chi connectivity index (χ1) is 11.6. The van der Waals surface area contributed by atoms with E-state index in [1.54, 1.807) is 23.9 Å². The Hall–Kier alpha value is -2.75. The number of hydrogen-bond acceptors (Lipinski definition) is 5. The smallest absolute Gasteiger partial charge is 0.191 e. The molecule has 1 heterocycles. The van der Waals surface area contributed by atoms with E-state index in [1.165, 1.54) is 12.1 Å². The summed E-state index contributed by atoms with van der Waals surface area (Å²) in [5.74, 6) is 0.120. The molecule has 3 rings (SSSR count). The minimum Gasteiger partial charge on any atom is -0.399 e. The van der Waals surface area contributed by atoms with E-state index in [9.17, 15) is 20.2 Å². The quantitative estimate of drug-likeness (QED) is 0.850. The molecule has 0 amide bonds. The van der Waals surface area contributed by atoms with Crippen molar-refractivity contribution >= 4 is 11.8 Å². The molecule has 0 bridgehead atoms. The maximum Gasteiger partial charge on any atom is 0.191 e. The van der Waals surface area contributed by atoms with Gasteiger partial charge in [0.05, 0.1) is 23.4 Å². The van der Waals surface area contributed by atoms with Gasteiger partial charge in [0, 0.05) is 23.3 Å². The molecule has 2 aliphatic rings. The Morgan fingerprint density at radius 1 is 1.25 bits per heavy atom. The van der Waals surface area contributed by atoms with E-state index in [-0.39, 0.29) is 17.2 Å². The lowest BCUT2D eigenvalue weighted by Gasteiger charge is -2.43. The highest BCUT2D eigenvalue weighted by atomic mass is 32.2. The number of nitrogens with zero attached hydrogens (tertiary/aromatic N) is 3. The second-order valence-corrected chi connectivity index (χ2v) is 6.84. The Kier molecular flexibility index (Phi) is 4.06. The number of nitrogens with two attached hydrogens (primary N) is 1. The van der Waals surface area contributed by atoms with Crippen molar-refractivity contribution < 1.29 is 4.39 Å². The first-order valence-corrected chi connectivity index (χ1v) is 8.51. The van der Waals surface area contributed by atoms with Gasteiger partial charge in [0.1, 0.15) is 11.9 Å². The zero-order valence-electron chi connectivity index (χ0n) is 12.7. The van der Waals surface area contributed by atoms with Crippen molar-refractivity contribution in [1.29, 1.82) is 15.8 Å². The summed E-state index contributed by atoms with van der Waals surface area (Å²) in [6.45, 7) is 0. The summed E-state index contributed by atoms with van der Waals surface area (Å²) in [6, 6.07) is 12.0. The van der Waals surface area contributed by atoms with Crippen LogP contribution in [0.1, 0.15) is 11.5 Å². The van der Waals surface area contributed by atoms with Crippen molar-refractivity contribution in [3.8, 4) is 18.2 Å². The first-order valence-electron chi connectivity index (χ1n) is 7.35. The van der Waals surface area contributed by atoms with Crippen LogP contribution < -0.4 is 5.73 Å². The van der Waals surface area contributed by atoms with Gasteiger partial charge in [-0.15, -0.1) is 0 Å². The van der Waals surface area contributed by atoms with Gasteiger partial charge in [0.25, 0.3) is 0 Å². The van der Waals surface area contributed by atoms with Crippen LogP contribution in [0.2, 0.25) is 0 Å². The lowest BCUT2D eigenvalue weighted by molar-refractivity contribution is 0.367. The summed E-state index contributed by atoms with van der Waals surface area (Å²) >= 11 is 1.66. The number of nitriles is 3. The number of rotatable bonds is 1. The van der Waals surface area contributed by atoms with Crippen molar-refractivity contribution in [2.45, 2.75) is 5.92 Å². The van der Waals surface area contributed by atoms with Crippen LogP contribution in [0.25, 0.3) is 0 Å². The highest BCUT2D eigenvalue weighted by Gasteiger charge is 2.53. The Bertz CT molecular complexity index is 868. The summed E-state index contributed by atoms with van der Waals surface area (Å²) in [6.07, 6.45) is 1.93. The van der Waals surface area contributed by atoms with E-state index in [0.29, 0.717) is 11.3 Å². The normalized spacial score (nSPS) is 24.8. The molecule has 0 aromatic heterocycles. The molecule has 6 heteroatoms. The molecule has 1 aliphatic carbocycles. The van der Waals surface area contributed by atoms with Crippen molar-refractivity contribution in [1.82, 2.24) is 0 Å². The summed E-state index contributed by atoms with van der Waals surface area (Å²) < 4.78 is 13.8. The van der Waals surface area contributed by atoms with E-state index in [1.807, 2.05) is 18.2 Å². The minimum atomic E-state index is -1.68. The number of hydrogen-bond donors (Lipinski definition) is 1. The maximum absolute atomic E-state index is 13.8. The van der Waals surface area contributed by atoms with Crippen LogP contribution >= 0.6 is 11.8 Å². The van der Waals surface area contributed by atoms with Gasteiger partial charge in [-0.2, -0.15) is 27.5 Å². The first kappa shape index (κ1) is 16.1. The van der Waals surface area contributed by atoms with Gasteiger partial charge < -0.3 is 5.73 Å². The fourth-order valence-corrected chi connectivity index (χ4v) is 4.62. The van der Waals surface area contributed by atoms with Crippen LogP contribution in [-0.2, 0) is 0 Å². The number of allylic oxidation sites excluding steroid dienone is 3. The summed E-state index contributed by atoms with van der Waals surface area (Å²) in [4.78, 5) is 0. The molecule has 2 atom stereocenters. The monoisotopic (exact) mass is 336 g/mol. The van der Waals surface area contributed by atoms with E-state index in [2.05, 4.69) is 6.07 Å². The van der Waals surface area contributed by atoms with Crippen LogP contribution in [0.15, 0.2) is 47.2 Å². The van der Waals surface area contributed by atoms with Crippen molar-refractivity contribution in [2.75, 3.05) is 11.5 Å². The van der Waals surface area contributed by atoms with Gasteiger partial charge >= 0.3 is 0 Å². The molecule has 1 aliphatic heterocycles. The maximum atomic E-state index is 13.8. The second kappa shape index (κ2) is 6.04. The fraction of sp³-hybridized carbons (Fsp3) is 0.278. The molecule has 24 heavy (non-hydrogen) atoms. The van der Waals surface area contributed by atoms with Crippen molar-refractivity contribution in [3.63, 3.8) is 0 Å². The highest BCUT2D eigenvalue weighted by molar-refractivity contribution is 7.99. The van der Waals surface area contributed by atoms with Gasteiger partial charge in [-0.3, -0.25) is 0 Å². The Balaban J connectivity index is 2.34. The molecule has 2 N–H and O–H groups in total. The second-order valence-electron chi connectivity index (χ2n) is 5.77. The topological polar surface area (TPSA) is 97.4 Å². The standard InChI is InChI=1S/C18H13FN4S/c19-12-3-1-2-11(6-12)16-15-8-24-5-4-13(15)14(7-20)17(23)18(16,9-21)10-22/h1-4,6,15-16H,5,8,23H2/t15-,16+/m0/s1. The molecule has 0 spiro atoms. The lowest BCUT2D eigenvalue weighted by atomic mass is 9.59. The zero-order valence-corrected chi connectivity index (χ0v) is 13.5. The predicted molar refractivity (Wildman–Crippen MR) is 88.5 cm³/mol. The SMILES string of the molecule is N#CC1=C(N)C(C#N)(C#N)[C@H](c2cccc(F)c2)[C@H]2CSCC=C12. The average molecular weight is 336 g/mol. The molecule has 1 aromatic rings. The van der Waals surface area contributed by atoms with Gasteiger partial charge in [-0.05, 0) is 23.3 Å². The molecule has 118 valence electrons. The molecule has 1 aromatic carbocycles. The average Bonchev–Trinajstić information content (AvgIpc) is 2.61. The van der Waals surface area contributed by atoms with Gasteiger partial charge in [-0.1, -0.05) is 18.2 Å². The lowest BCUT2D eigenvalue weighted by Crippen LogP contribution is -2.43. The Morgan fingerprint density at radius 3 is 2.62 bits per heavy atom. The zero-order chi connectivity index (χ0) is 17.3. The number of halogens is 1. The molecule has 0 unspecified atom stereocenters. The van der Waals surface area contributed by atoms with Crippen LogP contribution in [0.5, 0.6) is 0 Å². The van der Waals surface area contributed by atoms with Crippen LogP contribution in [0.4, 0.5) is 4.39 Å². The molecule has 0 radical (unpaired) electrons. The number of benzene rings is 1. The summed E-state index contributed by atoms with van der Waals surface area (Å²) in [5.41, 5.74) is 5.96. The minimum absolute atomic E-state index is 0.0290. The van der Waals surface area contributed by atoms with Crippen molar-refractivity contribution in [3.05, 3.63) is 58.6 Å². The third-order valence-electron chi connectivity index (χ3n) is 4.64. The third kappa shape index (κ3) is 2.18. The van der Waals surface area contributed by atoms with Crippen molar-refractivity contribution in [2.24, 2.45) is 17.1 Å². The van der Waals surface area contributed by atoms with Gasteiger partial charge in [-0.25, -0.2) is 4.39 Å². The molecule has 0 saturated carbocycles. The summed E-state index contributed by atoms with van der Waals surface area (Å²) in [7, 11) is 0. The largest absolute Gasteiger partial charge is 0.399 e. The summed E-state index contributed by atoms with van der Waals surface area (Å²) in [5, 5.41) is 29.1. The van der Waals surface area contributed by atoms with E-state index in [0.717, 1.165) is 11.3 Å². The predicted octanol–water partition coefficient (Wildman–Crippen LogP) is 2.98. The number of thioether (sulfide) groups is 1. The molecule has 0 fully saturated rings.